The largest absolute Gasteiger partial charge is 0.496 e. The van der Waals surface area contributed by atoms with Gasteiger partial charge in [0.1, 0.15) is 23.6 Å². The molecule has 0 radical (unpaired) electrons. The number of hydrogen-bond donors (Lipinski definition) is 1. The topological polar surface area (TPSA) is 67.9 Å². The fourth-order valence-electron chi connectivity index (χ4n) is 3.11. The van der Waals surface area contributed by atoms with Gasteiger partial charge in [0.2, 0.25) is 0 Å². The van der Waals surface area contributed by atoms with Gasteiger partial charge >= 0.3 is 6.03 Å². The van der Waals surface area contributed by atoms with Crippen LogP contribution < -0.4 is 14.8 Å². The molecule has 27 heavy (non-hydrogen) atoms. The molecule has 3 amide bonds. The first-order valence-electron chi connectivity index (χ1n) is 8.57. The van der Waals surface area contributed by atoms with Gasteiger partial charge in [-0.25, -0.2) is 4.79 Å². The quantitative estimate of drug-likeness (QED) is 0.739. The lowest BCUT2D eigenvalue weighted by Gasteiger charge is -2.23. The molecule has 2 aromatic carbocycles. The van der Waals surface area contributed by atoms with Crippen LogP contribution in [0.4, 0.5) is 4.79 Å². The van der Waals surface area contributed by atoms with Crippen LogP contribution >= 0.6 is 11.6 Å². The van der Waals surface area contributed by atoms with Gasteiger partial charge < -0.3 is 14.8 Å². The van der Waals surface area contributed by atoms with Crippen molar-refractivity contribution in [2.75, 3.05) is 20.3 Å². The van der Waals surface area contributed by atoms with E-state index in [1.807, 2.05) is 24.3 Å². The first kappa shape index (κ1) is 19.0. The van der Waals surface area contributed by atoms with Crippen LogP contribution in [0.1, 0.15) is 12.5 Å². The smallest absolute Gasteiger partial charge is 0.325 e. The minimum atomic E-state index is -1.03. The molecule has 0 aliphatic carbocycles. The van der Waals surface area contributed by atoms with E-state index in [0.29, 0.717) is 22.9 Å². The van der Waals surface area contributed by atoms with Gasteiger partial charge in [0.15, 0.2) is 0 Å². The summed E-state index contributed by atoms with van der Waals surface area (Å²) in [6, 6.07) is 14.0. The molecule has 1 aliphatic heterocycles. The first-order valence-corrected chi connectivity index (χ1v) is 8.95. The Bertz CT molecular complexity index is 857. The van der Waals surface area contributed by atoms with E-state index in [2.05, 4.69) is 5.32 Å². The first-order chi connectivity index (χ1) is 12.9. The van der Waals surface area contributed by atoms with Crippen LogP contribution in [0.15, 0.2) is 48.5 Å². The van der Waals surface area contributed by atoms with Gasteiger partial charge in [0.05, 0.1) is 13.7 Å². The molecular formula is C20H21ClN2O4. The number of amides is 3. The minimum Gasteiger partial charge on any atom is -0.496 e. The maximum Gasteiger partial charge on any atom is 0.325 e. The number of nitrogens with one attached hydrogen (secondary N) is 1. The van der Waals surface area contributed by atoms with Crippen molar-refractivity contribution in [1.29, 1.82) is 0 Å². The highest BCUT2D eigenvalue weighted by Crippen LogP contribution is 2.27. The third-order valence-electron chi connectivity index (χ3n) is 4.46. The second kappa shape index (κ2) is 7.88. The second-order valence-electron chi connectivity index (χ2n) is 6.51. The van der Waals surface area contributed by atoms with Crippen molar-refractivity contribution in [2.45, 2.75) is 18.9 Å². The number of nitrogens with zero attached hydrogens (tertiary/aromatic N) is 1. The molecular weight excluding hydrogens is 368 g/mol. The number of para-hydroxylation sites is 1. The number of ether oxygens (including phenoxy) is 2. The number of imide groups is 1. The van der Waals surface area contributed by atoms with Crippen molar-refractivity contribution < 1.29 is 19.1 Å². The van der Waals surface area contributed by atoms with E-state index >= 15 is 0 Å². The van der Waals surface area contributed by atoms with Crippen LogP contribution in [-0.2, 0) is 11.2 Å². The van der Waals surface area contributed by atoms with Crippen LogP contribution in [0.25, 0.3) is 0 Å². The Morgan fingerprint density at radius 2 is 1.93 bits per heavy atom. The Labute approximate surface area is 163 Å². The fourth-order valence-corrected chi connectivity index (χ4v) is 3.29. The number of benzene rings is 2. The van der Waals surface area contributed by atoms with E-state index in [9.17, 15) is 9.59 Å². The molecule has 0 unspecified atom stereocenters. The molecule has 0 saturated carbocycles. The van der Waals surface area contributed by atoms with Gasteiger partial charge in [-0.3, -0.25) is 9.69 Å². The second-order valence-corrected chi connectivity index (χ2v) is 6.95. The number of carbonyl (C=O) groups excluding carboxylic acids is 2. The molecule has 0 bridgehead atoms. The van der Waals surface area contributed by atoms with Crippen molar-refractivity contribution in [3.8, 4) is 11.5 Å². The fraction of sp³-hybridized carbons (Fsp3) is 0.300. The Morgan fingerprint density at radius 1 is 1.15 bits per heavy atom. The van der Waals surface area contributed by atoms with Gasteiger partial charge in [0, 0.05) is 11.4 Å². The van der Waals surface area contributed by atoms with E-state index < -0.39 is 11.6 Å². The molecule has 1 N–H and O–H groups in total. The minimum absolute atomic E-state index is 0.151. The summed E-state index contributed by atoms with van der Waals surface area (Å²) in [4.78, 5) is 26.4. The molecule has 1 heterocycles. The van der Waals surface area contributed by atoms with Gasteiger partial charge in [-0.05, 0) is 36.8 Å². The Balaban J connectivity index is 1.65. The van der Waals surface area contributed by atoms with Crippen molar-refractivity contribution in [3.63, 3.8) is 0 Å². The summed E-state index contributed by atoms with van der Waals surface area (Å²) in [5, 5.41) is 3.35. The lowest BCUT2D eigenvalue weighted by atomic mass is 9.92. The third-order valence-corrected chi connectivity index (χ3v) is 4.70. The zero-order valence-corrected chi connectivity index (χ0v) is 16.0. The lowest BCUT2D eigenvalue weighted by molar-refractivity contribution is -0.131. The molecule has 7 heteroatoms. The van der Waals surface area contributed by atoms with Crippen molar-refractivity contribution in [1.82, 2.24) is 10.2 Å². The molecule has 1 atom stereocenters. The van der Waals surface area contributed by atoms with E-state index in [-0.39, 0.29) is 19.1 Å². The van der Waals surface area contributed by atoms with Crippen LogP contribution in [0.2, 0.25) is 5.02 Å². The van der Waals surface area contributed by atoms with Crippen LogP contribution in [0.5, 0.6) is 11.5 Å². The molecule has 1 fully saturated rings. The Kier molecular flexibility index (Phi) is 5.56. The molecule has 142 valence electrons. The standard InChI is InChI=1S/C20H21ClN2O4/c1-20(13-14-6-3-4-9-17(14)26-2)18(24)23(19(25)22-20)10-11-27-16-8-5-7-15(21)12-16/h3-9,12H,10-11,13H2,1-2H3,(H,22,25)/t20-/m0/s1. The summed E-state index contributed by atoms with van der Waals surface area (Å²) in [6.45, 7) is 2.06. The molecule has 6 nitrogen and oxygen atoms in total. The highest BCUT2D eigenvalue weighted by atomic mass is 35.5. The maximum atomic E-state index is 12.9. The van der Waals surface area contributed by atoms with E-state index in [4.69, 9.17) is 21.1 Å². The summed E-state index contributed by atoms with van der Waals surface area (Å²) >= 11 is 5.92. The van der Waals surface area contributed by atoms with Crippen LogP contribution in [-0.4, -0.2) is 42.6 Å². The summed E-state index contributed by atoms with van der Waals surface area (Å²) < 4.78 is 10.9. The van der Waals surface area contributed by atoms with Crippen molar-refractivity contribution in [3.05, 3.63) is 59.1 Å². The van der Waals surface area contributed by atoms with Crippen molar-refractivity contribution in [2.24, 2.45) is 0 Å². The summed E-state index contributed by atoms with van der Waals surface area (Å²) in [6.07, 6.45) is 0.341. The van der Waals surface area contributed by atoms with Gasteiger partial charge in [-0.15, -0.1) is 0 Å². The highest BCUT2D eigenvalue weighted by molar-refractivity contribution is 6.30. The SMILES string of the molecule is COc1ccccc1C[C@]1(C)NC(=O)N(CCOc2cccc(Cl)c2)C1=O. The monoisotopic (exact) mass is 388 g/mol. The normalized spacial score (nSPS) is 19.1. The molecule has 1 aliphatic rings. The number of methoxy groups -OCH3 is 1. The number of hydrogen-bond acceptors (Lipinski definition) is 4. The number of urea groups is 1. The average molecular weight is 389 g/mol. The molecule has 1 saturated heterocycles. The predicted molar refractivity (Wildman–Crippen MR) is 102 cm³/mol. The molecule has 2 aromatic rings. The predicted octanol–water partition coefficient (Wildman–Crippen LogP) is 3.28. The Morgan fingerprint density at radius 3 is 2.67 bits per heavy atom. The lowest BCUT2D eigenvalue weighted by Crippen LogP contribution is -2.46. The number of rotatable bonds is 7. The molecule has 0 spiro atoms. The summed E-state index contributed by atoms with van der Waals surface area (Å²) in [5.74, 6) is 0.989. The van der Waals surface area contributed by atoms with Gasteiger partial charge in [-0.2, -0.15) is 0 Å². The van der Waals surface area contributed by atoms with E-state index in [1.54, 1.807) is 38.3 Å². The van der Waals surface area contributed by atoms with Crippen molar-refractivity contribution >= 4 is 23.5 Å². The zero-order chi connectivity index (χ0) is 19.4. The van der Waals surface area contributed by atoms with Crippen LogP contribution in [0.3, 0.4) is 0 Å². The van der Waals surface area contributed by atoms with Crippen LogP contribution in [0, 0.1) is 0 Å². The van der Waals surface area contributed by atoms with E-state index in [1.165, 1.54) is 4.90 Å². The maximum absolute atomic E-state index is 12.9. The summed E-state index contributed by atoms with van der Waals surface area (Å²) in [7, 11) is 1.58. The summed E-state index contributed by atoms with van der Waals surface area (Å²) in [5.41, 5.74) is -0.171. The van der Waals surface area contributed by atoms with E-state index in [0.717, 1.165) is 5.56 Å². The molecule has 0 aromatic heterocycles. The number of carbonyl (C=O) groups is 2. The van der Waals surface area contributed by atoms with Gasteiger partial charge in [0.25, 0.3) is 5.91 Å². The highest BCUT2D eigenvalue weighted by Gasteiger charge is 2.47. The third kappa shape index (κ3) is 4.17. The Hall–Kier alpha value is -2.73. The molecule has 3 rings (SSSR count). The zero-order valence-electron chi connectivity index (χ0n) is 15.2. The number of halogens is 1. The van der Waals surface area contributed by atoms with Gasteiger partial charge in [-0.1, -0.05) is 35.9 Å². The average Bonchev–Trinajstić information content (AvgIpc) is 2.85.